The van der Waals surface area contributed by atoms with Crippen LogP contribution in [0.25, 0.3) is 21.8 Å². The molecule has 2 N–H and O–H groups in total. The Bertz CT molecular complexity index is 975. The summed E-state index contributed by atoms with van der Waals surface area (Å²) in [6.45, 7) is 20.3. The summed E-state index contributed by atoms with van der Waals surface area (Å²) >= 11 is 0. The maximum Gasteiger partial charge on any atom is 0.0986 e. The second-order valence-electron chi connectivity index (χ2n) is 10.0. The standard InChI is InChI=1S/C30H48N6/c1-7-35(8-2)21-11-13-23(5)33-27-17-19-31-29-25(27)15-16-26-28(18-20-32-30(26)29)34-24(6)14-12-22-36(9-3)10-4/h15-20,23-24H,7-14,21-22H2,1-6H3,(H,31,33)(H,32,34)/t23-,24+. The number of pyridine rings is 2. The first-order valence-electron chi connectivity index (χ1n) is 14.1. The van der Waals surface area contributed by atoms with E-state index < -0.39 is 0 Å². The quantitative estimate of drug-likeness (QED) is 0.219. The Morgan fingerprint density at radius 3 is 1.39 bits per heavy atom. The lowest BCUT2D eigenvalue weighted by atomic mass is 10.1. The topological polar surface area (TPSA) is 56.3 Å². The molecule has 36 heavy (non-hydrogen) atoms. The summed E-state index contributed by atoms with van der Waals surface area (Å²) in [6.07, 6.45) is 8.50. The molecule has 0 aliphatic heterocycles. The molecule has 0 bridgehead atoms. The fraction of sp³-hybridized carbons (Fsp3) is 0.600. The SMILES string of the molecule is CCN(CC)CCC[C@@H](C)Nc1ccnc2c1ccc1c(N[C@@H](C)CCCN(CC)CC)ccnc12. The highest BCUT2D eigenvalue weighted by Gasteiger charge is 2.13. The van der Waals surface area contributed by atoms with Crippen LogP contribution in [0, 0.1) is 0 Å². The summed E-state index contributed by atoms with van der Waals surface area (Å²) in [5.41, 5.74) is 4.21. The zero-order valence-corrected chi connectivity index (χ0v) is 23.5. The number of anilines is 2. The average molecular weight is 493 g/mol. The highest BCUT2D eigenvalue weighted by Crippen LogP contribution is 2.32. The summed E-state index contributed by atoms with van der Waals surface area (Å²) in [6, 6.07) is 9.39. The molecule has 0 fully saturated rings. The van der Waals surface area contributed by atoms with Gasteiger partial charge in [0.1, 0.15) is 0 Å². The first-order valence-corrected chi connectivity index (χ1v) is 14.1. The van der Waals surface area contributed by atoms with Crippen molar-refractivity contribution < 1.29 is 0 Å². The van der Waals surface area contributed by atoms with Crippen molar-refractivity contribution in [3.8, 4) is 0 Å². The van der Waals surface area contributed by atoms with Crippen molar-refractivity contribution in [2.45, 2.75) is 79.3 Å². The van der Waals surface area contributed by atoms with Crippen molar-refractivity contribution in [1.82, 2.24) is 19.8 Å². The number of aromatic nitrogens is 2. The van der Waals surface area contributed by atoms with E-state index in [0.717, 1.165) is 85.3 Å². The first kappa shape index (κ1) is 28.1. The average Bonchev–Trinajstić information content (AvgIpc) is 2.89. The molecule has 198 valence electrons. The van der Waals surface area contributed by atoms with E-state index in [-0.39, 0.29) is 0 Å². The van der Waals surface area contributed by atoms with Crippen LogP contribution in [-0.2, 0) is 0 Å². The monoisotopic (exact) mass is 492 g/mol. The second-order valence-corrected chi connectivity index (χ2v) is 10.0. The van der Waals surface area contributed by atoms with E-state index in [9.17, 15) is 0 Å². The molecule has 6 nitrogen and oxygen atoms in total. The molecule has 2 heterocycles. The Morgan fingerprint density at radius 1 is 0.639 bits per heavy atom. The lowest BCUT2D eigenvalue weighted by molar-refractivity contribution is 0.295. The van der Waals surface area contributed by atoms with Gasteiger partial charge in [-0.3, -0.25) is 9.97 Å². The zero-order chi connectivity index (χ0) is 25.9. The van der Waals surface area contributed by atoms with Gasteiger partial charge in [-0.05, 0) is 103 Å². The van der Waals surface area contributed by atoms with Crippen LogP contribution in [0.15, 0.2) is 36.7 Å². The number of rotatable bonds is 16. The van der Waals surface area contributed by atoms with Crippen LogP contribution in [0.3, 0.4) is 0 Å². The van der Waals surface area contributed by atoms with Crippen LogP contribution in [0.1, 0.15) is 67.2 Å². The van der Waals surface area contributed by atoms with Gasteiger partial charge in [-0.1, -0.05) is 27.7 Å². The number of benzene rings is 1. The smallest absolute Gasteiger partial charge is 0.0986 e. The van der Waals surface area contributed by atoms with Gasteiger partial charge in [0.25, 0.3) is 0 Å². The van der Waals surface area contributed by atoms with Crippen LogP contribution in [0.5, 0.6) is 0 Å². The van der Waals surface area contributed by atoms with Crippen LogP contribution >= 0.6 is 0 Å². The number of hydrogen-bond acceptors (Lipinski definition) is 6. The lowest BCUT2D eigenvalue weighted by Gasteiger charge is -2.21. The second kappa shape index (κ2) is 14.3. The van der Waals surface area contributed by atoms with Gasteiger partial charge in [0, 0.05) is 46.6 Å². The Morgan fingerprint density at radius 2 is 1.03 bits per heavy atom. The maximum atomic E-state index is 4.75. The Hall–Kier alpha value is -2.44. The minimum atomic E-state index is 0.403. The Balaban J connectivity index is 1.71. The minimum Gasteiger partial charge on any atom is -0.382 e. The summed E-state index contributed by atoms with van der Waals surface area (Å²) < 4.78 is 0. The molecule has 0 amide bonds. The summed E-state index contributed by atoms with van der Waals surface area (Å²) in [5.74, 6) is 0. The summed E-state index contributed by atoms with van der Waals surface area (Å²) in [7, 11) is 0. The molecule has 2 atom stereocenters. The Labute approximate surface area is 218 Å². The molecule has 0 aliphatic carbocycles. The van der Waals surface area contributed by atoms with Crippen molar-refractivity contribution in [3.63, 3.8) is 0 Å². The van der Waals surface area contributed by atoms with E-state index in [1.165, 1.54) is 12.8 Å². The molecule has 3 aromatic rings. The van der Waals surface area contributed by atoms with E-state index in [1.807, 2.05) is 12.4 Å². The molecule has 0 saturated carbocycles. The normalized spacial score (nSPS) is 13.6. The number of nitrogens with zero attached hydrogens (tertiary/aromatic N) is 4. The predicted octanol–water partition coefficient (Wildman–Crippen LogP) is 6.63. The number of fused-ring (bicyclic) bond motifs is 3. The predicted molar refractivity (Wildman–Crippen MR) is 157 cm³/mol. The van der Waals surface area contributed by atoms with E-state index in [1.54, 1.807) is 0 Å². The van der Waals surface area contributed by atoms with E-state index in [0.29, 0.717) is 12.1 Å². The molecule has 0 aliphatic rings. The number of hydrogen-bond donors (Lipinski definition) is 2. The van der Waals surface area contributed by atoms with Crippen molar-refractivity contribution in [1.29, 1.82) is 0 Å². The third-order valence-electron chi connectivity index (χ3n) is 7.44. The maximum absolute atomic E-state index is 4.75. The molecule has 6 heteroatoms. The van der Waals surface area contributed by atoms with Gasteiger partial charge in [0.15, 0.2) is 0 Å². The van der Waals surface area contributed by atoms with E-state index in [2.05, 4.69) is 86.2 Å². The van der Waals surface area contributed by atoms with Gasteiger partial charge in [0.2, 0.25) is 0 Å². The van der Waals surface area contributed by atoms with Crippen LogP contribution in [0.4, 0.5) is 11.4 Å². The van der Waals surface area contributed by atoms with Crippen molar-refractivity contribution in [2.24, 2.45) is 0 Å². The largest absolute Gasteiger partial charge is 0.382 e. The summed E-state index contributed by atoms with van der Waals surface area (Å²) in [5, 5.41) is 9.76. The zero-order valence-electron chi connectivity index (χ0n) is 23.5. The summed E-state index contributed by atoms with van der Waals surface area (Å²) in [4.78, 5) is 14.5. The van der Waals surface area contributed by atoms with E-state index in [4.69, 9.17) is 9.97 Å². The van der Waals surface area contributed by atoms with Crippen LogP contribution in [0.2, 0.25) is 0 Å². The van der Waals surface area contributed by atoms with Crippen molar-refractivity contribution >= 4 is 33.2 Å². The molecule has 2 aromatic heterocycles. The molecule has 0 saturated heterocycles. The third-order valence-corrected chi connectivity index (χ3v) is 7.44. The Kier molecular flexibility index (Phi) is 11.2. The van der Waals surface area contributed by atoms with Crippen LogP contribution < -0.4 is 10.6 Å². The molecule has 0 unspecified atom stereocenters. The third kappa shape index (κ3) is 7.53. The number of nitrogens with one attached hydrogen (secondary N) is 2. The highest BCUT2D eigenvalue weighted by atomic mass is 15.1. The fourth-order valence-electron chi connectivity index (χ4n) is 5.08. The van der Waals surface area contributed by atoms with E-state index >= 15 is 0 Å². The van der Waals surface area contributed by atoms with Gasteiger partial charge in [-0.15, -0.1) is 0 Å². The van der Waals surface area contributed by atoms with Crippen LogP contribution in [-0.4, -0.2) is 71.1 Å². The molecule has 0 spiro atoms. The molecule has 1 aromatic carbocycles. The first-order chi connectivity index (χ1) is 17.5. The van der Waals surface area contributed by atoms with Gasteiger partial charge >= 0.3 is 0 Å². The lowest BCUT2D eigenvalue weighted by Crippen LogP contribution is -2.25. The molecular formula is C30H48N6. The molecular weight excluding hydrogens is 444 g/mol. The molecule has 3 rings (SSSR count). The minimum absolute atomic E-state index is 0.403. The van der Waals surface area contributed by atoms with Gasteiger partial charge < -0.3 is 20.4 Å². The fourth-order valence-corrected chi connectivity index (χ4v) is 5.08. The molecule has 0 radical (unpaired) electrons. The van der Waals surface area contributed by atoms with Crippen molar-refractivity contribution in [2.75, 3.05) is 49.9 Å². The van der Waals surface area contributed by atoms with Gasteiger partial charge in [-0.25, -0.2) is 0 Å². The van der Waals surface area contributed by atoms with Gasteiger partial charge in [-0.2, -0.15) is 0 Å². The van der Waals surface area contributed by atoms with Crippen molar-refractivity contribution in [3.05, 3.63) is 36.7 Å². The highest BCUT2D eigenvalue weighted by molar-refractivity contribution is 6.10. The van der Waals surface area contributed by atoms with Gasteiger partial charge in [0.05, 0.1) is 11.0 Å².